The van der Waals surface area contributed by atoms with Gasteiger partial charge in [-0.15, -0.1) is 0 Å². The molecule has 1 saturated heterocycles. The van der Waals surface area contributed by atoms with Crippen LogP contribution in [-0.4, -0.2) is 33.9 Å². The minimum atomic E-state index is 0.278. The van der Waals surface area contributed by atoms with Gasteiger partial charge in [-0.1, -0.05) is 6.92 Å². The van der Waals surface area contributed by atoms with E-state index in [1.165, 1.54) is 0 Å². The Labute approximate surface area is 102 Å². The Balaban J connectivity index is 2.00. The molecule has 0 aromatic carbocycles. The van der Waals surface area contributed by atoms with Crippen LogP contribution in [0, 0.1) is 6.92 Å². The standard InChI is InChI=1S/C13H19N3O/c1-3-4-13(17)16-8-6-11(9-16)12-5-7-14-10(2)15-12/h5,7,11H,3-4,6,8-9H2,1-2H3/t11-/m1/s1. The highest BCUT2D eigenvalue weighted by Gasteiger charge is 2.27. The number of carbonyl (C=O) groups is 1. The Hall–Kier alpha value is -1.45. The number of aromatic nitrogens is 2. The van der Waals surface area contributed by atoms with Crippen molar-refractivity contribution in [1.82, 2.24) is 14.9 Å². The molecule has 0 saturated carbocycles. The van der Waals surface area contributed by atoms with Gasteiger partial charge in [-0.05, 0) is 25.8 Å². The first-order chi connectivity index (χ1) is 8.20. The van der Waals surface area contributed by atoms with Crippen molar-refractivity contribution in [3.63, 3.8) is 0 Å². The zero-order valence-corrected chi connectivity index (χ0v) is 10.5. The lowest BCUT2D eigenvalue weighted by Crippen LogP contribution is -2.28. The van der Waals surface area contributed by atoms with E-state index in [0.717, 1.165) is 37.4 Å². The molecular weight excluding hydrogens is 214 g/mol. The quantitative estimate of drug-likeness (QED) is 0.801. The molecule has 0 aliphatic carbocycles. The first-order valence-corrected chi connectivity index (χ1v) is 6.28. The number of carbonyl (C=O) groups excluding carboxylic acids is 1. The molecule has 0 unspecified atom stereocenters. The van der Waals surface area contributed by atoms with E-state index < -0.39 is 0 Å². The molecule has 1 atom stereocenters. The first kappa shape index (κ1) is 12.0. The fourth-order valence-corrected chi connectivity index (χ4v) is 2.30. The van der Waals surface area contributed by atoms with Gasteiger partial charge in [-0.3, -0.25) is 4.79 Å². The normalized spacial score (nSPS) is 19.6. The van der Waals surface area contributed by atoms with Crippen LogP contribution in [0.15, 0.2) is 12.3 Å². The molecule has 92 valence electrons. The summed E-state index contributed by atoms with van der Waals surface area (Å²) < 4.78 is 0. The second-order valence-electron chi connectivity index (χ2n) is 4.60. The topological polar surface area (TPSA) is 46.1 Å². The van der Waals surface area contributed by atoms with E-state index in [1.807, 2.05) is 24.8 Å². The fourth-order valence-electron chi connectivity index (χ4n) is 2.30. The summed E-state index contributed by atoms with van der Waals surface area (Å²) in [6.07, 6.45) is 4.40. The molecule has 2 rings (SSSR count). The maximum absolute atomic E-state index is 11.8. The van der Waals surface area contributed by atoms with Gasteiger partial charge in [0.1, 0.15) is 5.82 Å². The average molecular weight is 233 g/mol. The number of likely N-dealkylation sites (tertiary alicyclic amines) is 1. The highest BCUT2D eigenvalue weighted by molar-refractivity contribution is 5.76. The Kier molecular flexibility index (Phi) is 3.71. The van der Waals surface area contributed by atoms with Crippen molar-refractivity contribution in [2.45, 2.75) is 39.0 Å². The molecule has 4 nitrogen and oxygen atoms in total. The van der Waals surface area contributed by atoms with Gasteiger partial charge >= 0.3 is 0 Å². The first-order valence-electron chi connectivity index (χ1n) is 6.28. The average Bonchev–Trinajstić information content (AvgIpc) is 2.78. The number of nitrogens with zero attached hydrogens (tertiary/aromatic N) is 3. The van der Waals surface area contributed by atoms with E-state index in [4.69, 9.17) is 0 Å². The second kappa shape index (κ2) is 5.25. The Bertz CT molecular complexity index is 405. The predicted molar refractivity (Wildman–Crippen MR) is 65.6 cm³/mol. The van der Waals surface area contributed by atoms with Crippen molar-refractivity contribution >= 4 is 5.91 Å². The highest BCUT2D eigenvalue weighted by Crippen LogP contribution is 2.26. The Morgan fingerprint density at radius 3 is 3.12 bits per heavy atom. The summed E-state index contributed by atoms with van der Waals surface area (Å²) in [7, 11) is 0. The molecule has 0 spiro atoms. The lowest BCUT2D eigenvalue weighted by Gasteiger charge is -2.15. The SMILES string of the molecule is CCCC(=O)N1CC[C@@H](c2ccnc(C)n2)C1. The molecular formula is C13H19N3O. The minimum absolute atomic E-state index is 0.278. The largest absolute Gasteiger partial charge is 0.342 e. The zero-order valence-electron chi connectivity index (χ0n) is 10.5. The molecule has 1 aromatic heterocycles. The second-order valence-corrected chi connectivity index (χ2v) is 4.60. The zero-order chi connectivity index (χ0) is 12.3. The summed E-state index contributed by atoms with van der Waals surface area (Å²) in [6.45, 7) is 5.62. The lowest BCUT2D eigenvalue weighted by atomic mass is 10.1. The van der Waals surface area contributed by atoms with Gasteiger partial charge in [0, 0.05) is 37.3 Å². The van der Waals surface area contributed by atoms with Crippen molar-refractivity contribution in [2.24, 2.45) is 0 Å². The number of hydrogen-bond donors (Lipinski definition) is 0. The van der Waals surface area contributed by atoms with Crippen LogP contribution in [0.4, 0.5) is 0 Å². The third-order valence-electron chi connectivity index (χ3n) is 3.22. The van der Waals surface area contributed by atoms with E-state index >= 15 is 0 Å². The maximum Gasteiger partial charge on any atom is 0.222 e. The molecule has 17 heavy (non-hydrogen) atoms. The van der Waals surface area contributed by atoms with Crippen molar-refractivity contribution in [2.75, 3.05) is 13.1 Å². The molecule has 1 aliphatic heterocycles. The molecule has 4 heteroatoms. The maximum atomic E-state index is 11.8. The van der Waals surface area contributed by atoms with Crippen LogP contribution in [0.2, 0.25) is 0 Å². The number of rotatable bonds is 3. The molecule has 0 N–H and O–H groups in total. The fraction of sp³-hybridized carbons (Fsp3) is 0.615. The smallest absolute Gasteiger partial charge is 0.222 e. The summed E-state index contributed by atoms with van der Waals surface area (Å²) in [5.74, 6) is 1.47. The van der Waals surface area contributed by atoms with Gasteiger partial charge in [0.2, 0.25) is 5.91 Å². The van der Waals surface area contributed by atoms with E-state index in [1.54, 1.807) is 6.20 Å². The highest BCUT2D eigenvalue weighted by atomic mass is 16.2. The van der Waals surface area contributed by atoms with E-state index in [2.05, 4.69) is 9.97 Å². The Morgan fingerprint density at radius 2 is 2.41 bits per heavy atom. The number of aryl methyl sites for hydroxylation is 1. The third-order valence-corrected chi connectivity index (χ3v) is 3.22. The summed E-state index contributed by atoms with van der Waals surface area (Å²) in [5.41, 5.74) is 1.07. The van der Waals surface area contributed by atoms with Crippen LogP contribution < -0.4 is 0 Å². The van der Waals surface area contributed by atoms with Crippen LogP contribution in [0.3, 0.4) is 0 Å². The molecule has 1 aromatic rings. The van der Waals surface area contributed by atoms with Crippen molar-refractivity contribution in [1.29, 1.82) is 0 Å². The summed E-state index contributed by atoms with van der Waals surface area (Å²) >= 11 is 0. The molecule has 1 amide bonds. The van der Waals surface area contributed by atoms with Crippen LogP contribution in [0.1, 0.15) is 43.6 Å². The summed E-state index contributed by atoms with van der Waals surface area (Å²) in [4.78, 5) is 22.3. The summed E-state index contributed by atoms with van der Waals surface area (Å²) in [6, 6.07) is 1.96. The van der Waals surface area contributed by atoms with Crippen molar-refractivity contribution in [3.05, 3.63) is 23.8 Å². The van der Waals surface area contributed by atoms with Gasteiger partial charge in [-0.2, -0.15) is 0 Å². The predicted octanol–water partition coefficient (Wildman–Crippen LogP) is 1.90. The van der Waals surface area contributed by atoms with Crippen LogP contribution in [0.5, 0.6) is 0 Å². The number of amides is 1. The molecule has 2 heterocycles. The third kappa shape index (κ3) is 2.81. The minimum Gasteiger partial charge on any atom is -0.342 e. The van der Waals surface area contributed by atoms with Crippen LogP contribution >= 0.6 is 0 Å². The molecule has 1 aliphatic rings. The molecule has 0 bridgehead atoms. The van der Waals surface area contributed by atoms with E-state index in [-0.39, 0.29) is 5.91 Å². The van der Waals surface area contributed by atoms with E-state index in [0.29, 0.717) is 12.3 Å². The monoisotopic (exact) mass is 233 g/mol. The van der Waals surface area contributed by atoms with Gasteiger partial charge in [-0.25, -0.2) is 9.97 Å². The van der Waals surface area contributed by atoms with Crippen LogP contribution in [0.25, 0.3) is 0 Å². The lowest BCUT2D eigenvalue weighted by molar-refractivity contribution is -0.130. The van der Waals surface area contributed by atoms with Gasteiger partial charge < -0.3 is 4.90 Å². The van der Waals surface area contributed by atoms with Crippen molar-refractivity contribution < 1.29 is 4.79 Å². The van der Waals surface area contributed by atoms with Gasteiger partial charge in [0.25, 0.3) is 0 Å². The van der Waals surface area contributed by atoms with Crippen molar-refractivity contribution in [3.8, 4) is 0 Å². The molecule has 0 radical (unpaired) electrons. The Morgan fingerprint density at radius 1 is 1.59 bits per heavy atom. The van der Waals surface area contributed by atoms with E-state index in [9.17, 15) is 4.79 Å². The van der Waals surface area contributed by atoms with Gasteiger partial charge in [0.05, 0.1) is 0 Å². The number of hydrogen-bond acceptors (Lipinski definition) is 3. The molecule has 1 fully saturated rings. The van der Waals surface area contributed by atoms with Crippen LogP contribution in [-0.2, 0) is 4.79 Å². The van der Waals surface area contributed by atoms with Gasteiger partial charge in [0.15, 0.2) is 0 Å². The summed E-state index contributed by atoms with van der Waals surface area (Å²) in [5, 5.41) is 0.